The summed E-state index contributed by atoms with van der Waals surface area (Å²) in [5.41, 5.74) is 4.47. The van der Waals surface area contributed by atoms with Crippen LogP contribution in [0.2, 0.25) is 5.02 Å². The number of ketones is 1. The molecule has 0 spiro atoms. The van der Waals surface area contributed by atoms with Crippen LogP contribution in [0.15, 0.2) is 54.7 Å². The molecule has 4 aromatic rings. The van der Waals surface area contributed by atoms with E-state index in [2.05, 4.69) is 59.9 Å². The molecule has 0 aliphatic carbocycles. The Kier molecular flexibility index (Phi) is 8.63. The van der Waals surface area contributed by atoms with Gasteiger partial charge in [0.2, 0.25) is 5.95 Å². The third-order valence-corrected chi connectivity index (χ3v) is 7.97. The highest BCUT2D eigenvalue weighted by Crippen LogP contribution is 2.33. The summed E-state index contributed by atoms with van der Waals surface area (Å²) in [6, 6.07) is 15.5. The molecule has 0 saturated carbocycles. The number of benzene rings is 2. The molecule has 9 heteroatoms. The van der Waals surface area contributed by atoms with Crippen molar-refractivity contribution >= 4 is 40.1 Å². The Morgan fingerprint density at radius 2 is 1.73 bits per heavy atom. The van der Waals surface area contributed by atoms with Gasteiger partial charge in [0.25, 0.3) is 0 Å². The highest BCUT2D eigenvalue weighted by molar-refractivity contribution is 6.33. The van der Waals surface area contributed by atoms with Gasteiger partial charge in [0.1, 0.15) is 11.5 Å². The van der Waals surface area contributed by atoms with E-state index in [1.165, 1.54) is 5.56 Å². The largest absolute Gasteiger partial charge is 0.457 e. The van der Waals surface area contributed by atoms with Gasteiger partial charge in [-0.05, 0) is 47.9 Å². The summed E-state index contributed by atoms with van der Waals surface area (Å²) in [5.74, 6) is 2.15. The van der Waals surface area contributed by atoms with Crippen LogP contribution in [0.4, 0.5) is 11.6 Å². The van der Waals surface area contributed by atoms with Crippen molar-refractivity contribution in [3.8, 4) is 11.5 Å². The Morgan fingerprint density at radius 3 is 2.46 bits per heavy atom. The molecule has 8 nitrogen and oxygen atoms in total. The topological polar surface area (TPSA) is 75.5 Å². The fourth-order valence-electron chi connectivity index (χ4n) is 5.09. The van der Waals surface area contributed by atoms with Gasteiger partial charge in [-0.15, -0.1) is 0 Å². The summed E-state index contributed by atoms with van der Waals surface area (Å²) in [4.78, 5) is 26.6. The van der Waals surface area contributed by atoms with Crippen LogP contribution in [0.5, 0.6) is 11.5 Å². The molecule has 0 amide bonds. The average molecular weight is 575 g/mol. The average Bonchev–Trinajstić information content (AvgIpc) is 3.24. The SMILES string of the molecule is CCN1CCN(CC(=O)Cc2cc(Oc3ccc4c(c3)nc(Nc3cc(C(C)(C)C)ccc3Cl)n4C)ccn2)CC1. The molecule has 3 heterocycles. The summed E-state index contributed by atoms with van der Waals surface area (Å²) in [5, 5.41) is 4.04. The number of aryl methyl sites for hydroxylation is 1. The highest BCUT2D eigenvalue weighted by Gasteiger charge is 2.19. The monoisotopic (exact) mass is 574 g/mol. The number of nitrogens with zero attached hydrogens (tertiary/aromatic N) is 5. The lowest BCUT2D eigenvalue weighted by molar-refractivity contribution is -0.120. The van der Waals surface area contributed by atoms with Gasteiger partial charge in [-0.2, -0.15) is 0 Å². The quantitative estimate of drug-likeness (QED) is 0.255. The molecule has 2 aromatic carbocycles. The van der Waals surface area contributed by atoms with Crippen molar-refractivity contribution in [3.63, 3.8) is 0 Å². The van der Waals surface area contributed by atoms with Gasteiger partial charge >= 0.3 is 0 Å². The number of nitrogens with one attached hydrogen (secondary N) is 1. The first-order valence-electron chi connectivity index (χ1n) is 14.2. The predicted molar refractivity (Wildman–Crippen MR) is 166 cm³/mol. The fraction of sp³-hybridized carbons (Fsp3) is 0.406. The molecule has 1 aliphatic heterocycles. The van der Waals surface area contributed by atoms with Crippen LogP contribution in [-0.2, 0) is 23.7 Å². The van der Waals surface area contributed by atoms with E-state index in [0.717, 1.165) is 49.4 Å². The lowest BCUT2D eigenvalue weighted by atomic mass is 9.87. The van der Waals surface area contributed by atoms with Gasteiger partial charge in [0.15, 0.2) is 5.78 Å². The van der Waals surface area contributed by atoms with E-state index in [4.69, 9.17) is 21.3 Å². The van der Waals surface area contributed by atoms with Crippen molar-refractivity contribution in [1.29, 1.82) is 0 Å². The second kappa shape index (κ2) is 12.2. The number of carbonyl (C=O) groups is 1. The van der Waals surface area contributed by atoms with Crippen LogP contribution in [0.25, 0.3) is 11.0 Å². The number of imidazole rings is 1. The van der Waals surface area contributed by atoms with E-state index >= 15 is 0 Å². The molecule has 0 bridgehead atoms. The van der Waals surface area contributed by atoms with Crippen molar-refractivity contribution in [2.75, 3.05) is 44.6 Å². The summed E-state index contributed by atoms with van der Waals surface area (Å²) in [6.45, 7) is 14.1. The number of ether oxygens (including phenoxy) is 1. The van der Waals surface area contributed by atoms with Gasteiger partial charge in [-0.1, -0.05) is 45.4 Å². The van der Waals surface area contributed by atoms with Gasteiger partial charge in [-0.3, -0.25) is 14.7 Å². The van der Waals surface area contributed by atoms with Crippen LogP contribution >= 0.6 is 11.6 Å². The maximum absolute atomic E-state index is 12.7. The number of halogens is 1. The maximum atomic E-state index is 12.7. The Morgan fingerprint density at radius 1 is 1.00 bits per heavy atom. The minimum absolute atomic E-state index is 0.00391. The molecule has 0 radical (unpaired) electrons. The molecule has 2 aromatic heterocycles. The zero-order valence-corrected chi connectivity index (χ0v) is 25.3. The first-order chi connectivity index (χ1) is 19.6. The number of anilines is 2. The number of pyridine rings is 1. The van der Waals surface area contributed by atoms with Gasteiger partial charge < -0.3 is 19.5 Å². The number of piperazine rings is 1. The Hall–Kier alpha value is -3.46. The predicted octanol–water partition coefficient (Wildman–Crippen LogP) is 6.20. The Balaban J connectivity index is 1.26. The third-order valence-electron chi connectivity index (χ3n) is 7.65. The number of hydrogen-bond donors (Lipinski definition) is 1. The number of carbonyl (C=O) groups excluding carboxylic acids is 1. The molecule has 1 saturated heterocycles. The lowest BCUT2D eigenvalue weighted by Gasteiger charge is -2.33. The highest BCUT2D eigenvalue weighted by atomic mass is 35.5. The number of hydrogen-bond acceptors (Lipinski definition) is 7. The van der Waals surface area contributed by atoms with Crippen molar-refractivity contribution in [2.24, 2.45) is 7.05 Å². The summed E-state index contributed by atoms with van der Waals surface area (Å²) in [7, 11) is 1.97. The van der Waals surface area contributed by atoms with Crippen molar-refractivity contribution < 1.29 is 9.53 Å². The smallest absolute Gasteiger partial charge is 0.208 e. The second-order valence-corrected chi connectivity index (χ2v) is 12.1. The number of Topliss-reactive ketones (excluding diaryl/α,β-unsaturated/α-hetero) is 1. The van der Waals surface area contributed by atoms with E-state index in [-0.39, 0.29) is 11.2 Å². The standard InChI is InChI=1S/C32H39ClN6O2/c1-6-38-13-15-39(16-14-38)21-24(40)18-23-19-26(11-12-34-23)41-25-8-10-30-29(20-25)36-31(37(30)5)35-28-17-22(32(2,3)4)7-9-27(28)33/h7-12,17,19-20H,6,13-16,18,21H2,1-5H3,(H,35,36). The molecular formula is C32H39ClN6O2. The van der Waals surface area contributed by atoms with Gasteiger partial charge in [0, 0.05) is 51.6 Å². The molecular weight excluding hydrogens is 536 g/mol. The number of aromatic nitrogens is 3. The summed E-state index contributed by atoms with van der Waals surface area (Å²) < 4.78 is 8.16. The van der Waals surface area contributed by atoms with Crippen LogP contribution in [0.1, 0.15) is 39.0 Å². The van der Waals surface area contributed by atoms with E-state index in [0.29, 0.717) is 41.1 Å². The molecule has 5 rings (SSSR count). The molecule has 1 fully saturated rings. The Bertz CT molecular complexity index is 1540. The zero-order chi connectivity index (χ0) is 29.1. The summed E-state index contributed by atoms with van der Waals surface area (Å²) in [6.07, 6.45) is 1.98. The molecule has 1 N–H and O–H groups in total. The number of likely N-dealkylation sites (N-methyl/N-ethyl adjacent to an activating group) is 1. The number of rotatable bonds is 9. The molecule has 0 atom stereocenters. The van der Waals surface area contributed by atoms with E-state index in [9.17, 15) is 4.79 Å². The molecule has 216 valence electrons. The lowest BCUT2D eigenvalue weighted by Crippen LogP contribution is -2.47. The molecule has 1 aliphatic rings. The van der Waals surface area contributed by atoms with Crippen molar-refractivity contribution in [2.45, 2.75) is 39.5 Å². The zero-order valence-electron chi connectivity index (χ0n) is 24.6. The minimum atomic E-state index is 0.00391. The van der Waals surface area contributed by atoms with Crippen molar-refractivity contribution in [3.05, 3.63) is 71.0 Å². The molecule has 41 heavy (non-hydrogen) atoms. The van der Waals surface area contributed by atoms with Crippen LogP contribution < -0.4 is 10.1 Å². The van der Waals surface area contributed by atoms with Gasteiger partial charge in [-0.25, -0.2) is 4.98 Å². The number of fused-ring (bicyclic) bond motifs is 1. The van der Waals surface area contributed by atoms with Gasteiger partial charge in [0.05, 0.1) is 40.4 Å². The van der Waals surface area contributed by atoms with Crippen LogP contribution in [0, 0.1) is 0 Å². The van der Waals surface area contributed by atoms with Crippen molar-refractivity contribution in [1.82, 2.24) is 24.3 Å². The first-order valence-corrected chi connectivity index (χ1v) is 14.6. The van der Waals surface area contributed by atoms with E-state index in [1.54, 1.807) is 12.3 Å². The Labute approximate surface area is 247 Å². The maximum Gasteiger partial charge on any atom is 0.208 e. The van der Waals surface area contributed by atoms with Crippen LogP contribution in [-0.4, -0.2) is 69.4 Å². The molecule has 0 unspecified atom stereocenters. The summed E-state index contributed by atoms with van der Waals surface area (Å²) >= 11 is 6.52. The van der Waals surface area contributed by atoms with E-state index < -0.39 is 0 Å². The van der Waals surface area contributed by atoms with Crippen LogP contribution in [0.3, 0.4) is 0 Å². The first kappa shape index (κ1) is 29.0. The normalized spacial score (nSPS) is 14.9. The van der Waals surface area contributed by atoms with E-state index in [1.807, 2.05) is 41.9 Å². The third kappa shape index (κ3) is 7.07. The minimum Gasteiger partial charge on any atom is -0.457 e. The fourth-order valence-corrected chi connectivity index (χ4v) is 5.25. The second-order valence-electron chi connectivity index (χ2n) is 11.7.